The van der Waals surface area contributed by atoms with Crippen LogP contribution in [-0.4, -0.2) is 12.6 Å². The number of allylic oxidation sites excluding steroid dienone is 1. The summed E-state index contributed by atoms with van der Waals surface area (Å²) in [5, 5.41) is 6.05. The van der Waals surface area contributed by atoms with Gasteiger partial charge in [0.25, 0.3) is 0 Å². The quantitative estimate of drug-likeness (QED) is 0.613. The first-order chi connectivity index (χ1) is 7.72. The molecule has 0 aliphatic heterocycles. The number of rotatable bonds is 4. The summed E-state index contributed by atoms with van der Waals surface area (Å²) in [7, 11) is 0. The second-order valence-corrected chi connectivity index (χ2v) is 3.69. The molecule has 0 unspecified atom stereocenters. The van der Waals surface area contributed by atoms with Crippen molar-refractivity contribution in [1.29, 1.82) is 0 Å². The van der Waals surface area contributed by atoms with Crippen molar-refractivity contribution in [3.63, 3.8) is 0 Å². The monoisotopic (exact) mass is 238 g/mol. The van der Waals surface area contributed by atoms with Gasteiger partial charge < -0.3 is 10.6 Å². The maximum atomic E-state index is 11.4. The minimum absolute atomic E-state index is 0.216. The number of benzene rings is 1. The van der Waals surface area contributed by atoms with E-state index < -0.39 is 0 Å². The van der Waals surface area contributed by atoms with Gasteiger partial charge in [-0.25, -0.2) is 4.79 Å². The Hall–Kier alpha value is -1.48. The molecule has 0 saturated carbocycles. The van der Waals surface area contributed by atoms with Crippen molar-refractivity contribution < 1.29 is 4.79 Å². The normalized spacial score (nSPS) is 10.4. The van der Waals surface area contributed by atoms with E-state index >= 15 is 0 Å². The van der Waals surface area contributed by atoms with E-state index in [0.717, 1.165) is 6.42 Å². The number of carbonyl (C=O) groups excluding carboxylic acids is 1. The molecule has 0 fully saturated rings. The van der Waals surface area contributed by atoms with E-state index in [1.807, 2.05) is 19.1 Å². The fraction of sp³-hybridized carbons (Fsp3) is 0.250. The predicted octanol–water partition coefficient (Wildman–Crippen LogP) is 3.43. The van der Waals surface area contributed by atoms with Crippen molar-refractivity contribution >= 4 is 23.3 Å². The second-order valence-electron chi connectivity index (χ2n) is 3.25. The smallest absolute Gasteiger partial charge is 0.319 e. The van der Waals surface area contributed by atoms with Gasteiger partial charge in [-0.15, -0.1) is 0 Å². The third kappa shape index (κ3) is 4.84. The first-order valence-corrected chi connectivity index (χ1v) is 5.51. The lowest BCUT2D eigenvalue weighted by Gasteiger charge is -2.06. The molecule has 16 heavy (non-hydrogen) atoms. The predicted molar refractivity (Wildman–Crippen MR) is 67.9 cm³/mol. The minimum Gasteiger partial charge on any atom is -0.338 e. The lowest BCUT2D eigenvalue weighted by atomic mass is 10.3. The second kappa shape index (κ2) is 6.90. The van der Waals surface area contributed by atoms with Gasteiger partial charge in [-0.05, 0) is 31.5 Å². The lowest BCUT2D eigenvalue weighted by Crippen LogP contribution is -2.29. The number of hydrogen-bond acceptors (Lipinski definition) is 1. The number of urea groups is 1. The zero-order chi connectivity index (χ0) is 11.8. The fourth-order valence-electron chi connectivity index (χ4n) is 1.18. The molecular weight excluding hydrogens is 224 g/mol. The molecule has 1 aromatic carbocycles. The van der Waals surface area contributed by atoms with Gasteiger partial charge in [0.2, 0.25) is 0 Å². The zero-order valence-corrected chi connectivity index (χ0v) is 9.92. The molecule has 3 nitrogen and oxygen atoms in total. The van der Waals surface area contributed by atoms with Gasteiger partial charge in [0, 0.05) is 17.3 Å². The highest BCUT2D eigenvalue weighted by atomic mass is 35.5. The van der Waals surface area contributed by atoms with Crippen LogP contribution in [0.1, 0.15) is 13.3 Å². The molecule has 4 heteroatoms. The van der Waals surface area contributed by atoms with Gasteiger partial charge >= 0.3 is 6.03 Å². The Kier molecular flexibility index (Phi) is 5.43. The van der Waals surface area contributed by atoms with Crippen molar-refractivity contribution in [3.8, 4) is 0 Å². The topological polar surface area (TPSA) is 41.1 Å². The van der Waals surface area contributed by atoms with Crippen LogP contribution in [0.25, 0.3) is 0 Å². The largest absolute Gasteiger partial charge is 0.338 e. The van der Waals surface area contributed by atoms with Crippen LogP contribution in [0.4, 0.5) is 10.5 Å². The average Bonchev–Trinajstić information content (AvgIpc) is 2.24. The molecule has 0 aliphatic rings. The van der Waals surface area contributed by atoms with E-state index in [1.54, 1.807) is 24.3 Å². The summed E-state index contributed by atoms with van der Waals surface area (Å²) in [5.74, 6) is 0. The summed E-state index contributed by atoms with van der Waals surface area (Å²) in [6.07, 6.45) is 4.79. The van der Waals surface area contributed by atoms with Gasteiger partial charge in [-0.3, -0.25) is 0 Å². The van der Waals surface area contributed by atoms with Crippen LogP contribution in [0.3, 0.4) is 0 Å². The Bertz CT molecular complexity index is 377. The van der Waals surface area contributed by atoms with Crippen LogP contribution in [0.15, 0.2) is 36.4 Å². The molecule has 1 rings (SSSR count). The Morgan fingerprint density at radius 2 is 2.31 bits per heavy atom. The third-order valence-corrected chi connectivity index (χ3v) is 2.15. The number of anilines is 1. The maximum absolute atomic E-state index is 11.4. The van der Waals surface area contributed by atoms with Gasteiger partial charge in [-0.2, -0.15) is 0 Å². The van der Waals surface area contributed by atoms with Crippen LogP contribution in [-0.2, 0) is 0 Å². The Labute approximate surface area is 100 Å². The Morgan fingerprint density at radius 3 is 3.00 bits per heavy atom. The number of amides is 2. The first kappa shape index (κ1) is 12.6. The van der Waals surface area contributed by atoms with Crippen LogP contribution in [0.2, 0.25) is 5.02 Å². The molecule has 0 heterocycles. The summed E-state index contributed by atoms with van der Waals surface area (Å²) >= 11 is 5.79. The van der Waals surface area contributed by atoms with Crippen LogP contribution in [0, 0.1) is 0 Å². The number of nitrogens with one attached hydrogen (secondary N) is 2. The van der Waals surface area contributed by atoms with Crippen molar-refractivity contribution in [3.05, 3.63) is 41.4 Å². The molecule has 0 aromatic heterocycles. The van der Waals surface area contributed by atoms with E-state index in [4.69, 9.17) is 11.6 Å². The molecule has 2 N–H and O–H groups in total. The maximum Gasteiger partial charge on any atom is 0.319 e. The lowest BCUT2D eigenvalue weighted by molar-refractivity contribution is 0.252. The van der Waals surface area contributed by atoms with E-state index in [0.29, 0.717) is 17.3 Å². The molecule has 2 amide bonds. The van der Waals surface area contributed by atoms with Crippen LogP contribution < -0.4 is 10.6 Å². The molecule has 0 radical (unpaired) electrons. The average molecular weight is 239 g/mol. The van der Waals surface area contributed by atoms with E-state index in [2.05, 4.69) is 10.6 Å². The molecule has 0 aliphatic carbocycles. The summed E-state index contributed by atoms with van der Waals surface area (Å²) in [6.45, 7) is 2.57. The highest BCUT2D eigenvalue weighted by Gasteiger charge is 2.00. The number of hydrogen-bond donors (Lipinski definition) is 2. The van der Waals surface area contributed by atoms with E-state index in [1.165, 1.54) is 0 Å². The van der Waals surface area contributed by atoms with Crippen molar-refractivity contribution in [2.75, 3.05) is 11.9 Å². The molecule has 0 spiro atoms. The van der Waals surface area contributed by atoms with Crippen molar-refractivity contribution in [1.82, 2.24) is 5.32 Å². The SMILES string of the molecule is C/C=C/CCNC(=O)Nc1cccc(Cl)c1. The highest BCUT2D eigenvalue weighted by molar-refractivity contribution is 6.30. The number of halogens is 1. The van der Waals surface area contributed by atoms with Gasteiger partial charge in [0.15, 0.2) is 0 Å². The zero-order valence-electron chi connectivity index (χ0n) is 9.16. The molecule has 0 bridgehead atoms. The van der Waals surface area contributed by atoms with Crippen LogP contribution in [0.5, 0.6) is 0 Å². The van der Waals surface area contributed by atoms with Crippen molar-refractivity contribution in [2.45, 2.75) is 13.3 Å². The van der Waals surface area contributed by atoms with E-state index in [9.17, 15) is 4.79 Å². The first-order valence-electron chi connectivity index (χ1n) is 5.14. The van der Waals surface area contributed by atoms with Gasteiger partial charge in [0.1, 0.15) is 0 Å². The summed E-state index contributed by atoms with van der Waals surface area (Å²) in [4.78, 5) is 11.4. The van der Waals surface area contributed by atoms with Crippen LogP contribution >= 0.6 is 11.6 Å². The van der Waals surface area contributed by atoms with Gasteiger partial charge in [-0.1, -0.05) is 29.8 Å². The molecular formula is C12H15ClN2O. The number of carbonyl (C=O) groups is 1. The Balaban J connectivity index is 2.34. The molecule has 0 saturated heterocycles. The summed E-state index contributed by atoms with van der Waals surface area (Å²) < 4.78 is 0. The molecule has 0 atom stereocenters. The summed E-state index contributed by atoms with van der Waals surface area (Å²) in [6, 6.07) is 6.82. The standard InChI is InChI=1S/C12H15ClN2O/c1-2-3-4-8-14-12(16)15-11-7-5-6-10(13)9-11/h2-3,5-7,9H,4,8H2,1H3,(H2,14,15,16)/b3-2+. The highest BCUT2D eigenvalue weighted by Crippen LogP contribution is 2.14. The minimum atomic E-state index is -0.216. The third-order valence-electron chi connectivity index (χ3n) is 1.91. The molecule has 1 aromatic rings. The van der Waals surface area contributed by atoms with E-state index in [-0.39, 0.29) is 6.03 Å². The Morgan fingerprint density at radius 1 is 1.50 bits per heavy atom. The van der Waals surface area contributed by atoms with Gasteiger partial charge in [0.05, 0.1) is 0 Å². The van der Waals surface area contributed by atoms with Crippen molar-refractivity contribution in [2.24, 2.45) is 0 Å². The fourth-order valence-corrected chi connectivity index (χ4v) is 1.37. The summed E-state index contributed by atoms with van der Waals surface area (Å²) in [5.41, 5.74) is 0.691. The molecule has 86 valence electrons.